The zero-order chi connectivity index (χ0) is 33.5. The van der Waals surface area contributed by atoms with Gasteiger partial charge in [0, 0.05) is 38.4 Å². The van der Waals surface area contributed by atoms with Crippen LogP contribution in [0.5, 0.6) is 0 Å². The lowest BCUT2D eigenvalue weighted by atomic mass is 10.1. The third-order valence-corrected chi connectivity index (χ3v) is 9.57. The lowest BCUT2D eigenvalue weighted by Crippen LogP contribution is -2.48. The van der Waals surface area contributed by atoms with Crippen LogP contribution in [0.25, 0.3) is 49.3 Å². The van der Waals surface area contributed by atoms with Crippen molar-refractivity contribution in [3.8, 4) is 5.69 Å². The average molecular weight is 656 g/mol. The third-order valence-electron chi connectivity index (χ3n) is 9.57. The van der Waals surface area contributed by atoms with Gasteiger partial charge < -0.3 is 4.57 Å². The van der Waals surface area contributed by atoms with Crippen LogP contribution >= 0.6 is 0 Å². The smallest absolute Gasteiger partial charge is 0.244 e. The molecule has 0 unspecified atom stereocenters. The minimum absolute atomic E-state index is 0.403. The number of rotatable bonds is 3. The molecule has 51 heavy (non-hydrogen) atoms. The zero-order valence-electron chi connectivity index (χ0n) is 27.0. The number of amidine groups is 2. The lowest BCUT2D eigenvalue weighted by Gasteiger charge is -2.30. The molecule has 238 valence electrons. The predicted octanol–water partition coefficient (Wildman–Crippen LogP) is 8.40. The Morgan fingerprint density at radius 3 is 1.33 bits per heavy atom. The number of hydrogen-bond acceptors (Lipinski definition) is 7. The highest BCUT2D eigenvalue weighted by Crippen LogP contribution is 2.40. The van der Waals surface area contributed by atoms with Gasteiger partial charge in [0.05, 0.1) is 22.1 Å². The first-order valence-electron chi connectivity index (χ1n) is 16.7. The van der Waals surface area contributed by atoms with Crippen molar-refractivity contribution in [3.63, 3.8) is 0 Å². The second-order valence-corrected chi connectivity index (χ2v) is 12.5. The number of fused-ring (bicyclic) bond motifs is 7. The Balaban J connectivity index is 1.25. The largest absolute Gasteiger partial charge is 0.307 e. The van der Waals surface area contributed by atoms with Gasteiger partial charge in [-0.15, -0.1) is 0 Å². The molecule has 0 saturated heterocycles. The summed E-state index contributed by atoms with van der Waals surface area (Å²) >= 11 is 0. The van der Waals surface area contributed by atoms with E-state index in [2.05, 4.69) is 94.1 Å². The molecule has 0 fully saturated rings. The molecule has 0 saturated carbocycles. The Hall–Kier alpha value is -7.26. The molecular weight excluding hydrogens is 631 g/mol. The number of hydrogen-bond donors (Lipinski definition) is 0. The standard InChI is InChI=1S/C42H25N9/c1-4-14-26(15-5-1)37-43-39-44-38(27-16-6-2-7-17-27)46-41-48-42(47-40(45-37)51(39)41)50-34-23-13-11-21-30(34)32-25-24-31-29-20-10-12-22-33(29)49(35(31)36(32)50)28-18-8-3-9-19-28/h1-25H. The van der Waals surface area contributed by atoms with E-state index >= 15 is 0 Å². The van der Waals surface area contributed by atoms with Gasteiger partial charge in [-0.3, -0.25) is 4.57 Å². The Morgan fingerprint density at radius 2 is 0.745 bits per heavy atom. The summed E-state index contributed by atoms with van der Waals surface area (Å²) in [7, 11) is 0. The number of nitrogens with zero attached hydrogens (tertiary/aromatic N) is 9. The molecular formula is C42H25N9. The molecule has 3 aliphatic heterocycles. The number of aromatic nitrogens is 2. The molecule has 0 N–H and O–H groups in total. The van der Waals surface area contributed by atoms with E-state index in [0.29, 0.717) is 35.5 Å². The van der Waals surface area contributed by atoms with Crippen molar-refractivity contribution in [2.75, 3.05) is 0 Å². The summed E-state index contributed by atoms with van der Waals surface area (Å²) in [6.07, 6.45) is 0. The van der Waals surface area contributed by atoms with Gasteiger partial charge in [0.2, 0.25) is 23.8 Å². The van der Waals surface area contributed by atoms with Crippen molar-refractivity contribution in [1.29, 1.82) is 0 Å². The van der Waals surface area contributed by atoms with Crippen LogP contribution in [0, 0.1) is 0 Å². The number of aliphatic imine (C=N–C) groups is 6. The maximum Gasteiger partial charge on any atom is 0.244 e. The summed E-state index contributed by atoms with van der Waals surface area (Å²) in [5.41, 5.74) is 6.96. The highest BCUT2D eigenvalue weighted by molar-refractivity contribution is 6.34. The summed E-state index contributed by atoms with van der Waals surface area (Å²) in [5, 5.41) is 4.51. The highest BCUT2D eigenvalue weighted by Gasteiger charge is 2.36. The van der Waals surface area contributed by atoms with Crippen LogP contribution in [0.2, 0.25) is 0 Å². The van der Waals surface area contributed by atoms with Gasteiger partial charge in [-0.1, -0.05) is 127 Å². The second kappa shape index (κ2) is 10.6. The van der Waals surface area contributed by atoms with Gasteiger partial charge >= 0.3 is 0 Å². The van der Waals surface area contributed by atoms with E-state index < -0.39 is 0 Å². The molecule has 9 nitrogen and oxygen atoms in total. The van der Waals surface area contributed by atoms with Crippen molar-refractivity contribution in [2.45, 2.75) is 0 Å². The molecule has 0 amide bonds. The van der Waals surface area contributed by atoms with Crippen LogP contribution in [-0.2, 0) is 0 Å². The SMILES string of the molecule is c1ccc(C2=NC3=NC(c4ccccc4)=NC4=NC(n5c6ccccc6c6ccc7c8ccccc8n(-c8ccccc8)c7c65)=NC(=N2)N34)cc1. The fourth-order valence-electron chi connectivity index (χ4n) is 7.36. The minimum atomic E-state index is 0.403. The van der Waals surface area contributed by atoms with E-state index in [1.165, 1.54) is 5.39 Å². The molecule has 3 aliphatic rings. The monoisotopic (exact) mass is 655 g/mol. The quantitative estimate of drug-likeness (QED) is 0.188. The maximum atomic E-state index is 5.19. The van der Waals surface area contributed by atoms with E-state index in [4.69, 9.17) is 30.0 Å². The molecule has 0 radical (unpaired) electrons. The first-order valence-corrected chi connectivity index (χ1v) is 16.7. The normalized spacial score (nSPS) is 15.3. The molecule has 0 atom stereocenters. The molecule has 6 aromatic carbocycles. The van der Waals surface area contributed by atoms with Crippen molar-refractivity contribution < 1.29 is 0 Å². The lowest BCUT2D eigenvalue weighted by molar-refractivity contribution is 0.823. The Labute approximate surface area is 290 Å². The van der Waals surface area contributed by atoms with Crippen LogP contribution in [0.3, 0.4) is 0 Å². The van der Waals surface area contributed by atoms with E-state index in [1.807, 2.05) is 66.7 Å². The van der Waals surface area contributed by atoms with Crippen LogP contribution < -0.4 is 0 Å². The summed E-state index contributed by atoms with van der Waals surface area (Å²) in [5.74, 6) is 2.72. The molecule has 2 aromatic heterocycles. The molecule has 0 aliphatic carbocycles. The van der Waals surface area contributed by atoms with Crippen LogP contribution in [-0.4, -0.2) is 49.5 Å². The summed E-state index contributed by atoms with van der Waals surface area (Å²) in [4.78, 5) is 31.9. The van der Waals surface area contributed by atoms with Crippen molar-refractivity contribution in [2.24, 2.45) is 30.0 Å². The Bertz CT molecular complexity index is 2900. The van der Waals surface area contributed by atoms with Gasteiger partial charge in [0.1, 0.15) is 0 Å². The summed E-state index contributed by atoms with van der Waals surface area (Å²) in [6.45, 7) is 0. The molecule has 8 aromatic rings. The molecule has 5 heterocycles. The van der Waals surface area contributed by atoms with Gasteiger partial charge in [0.15, 0.2) is 11.7 Å². The van der Waals surface area contributed by atoms with Gasteiger partial charge in [0.25, 0.3) is 0 Å². The van der Waals surface area contributed by atoms with Crippen molar-refractivity contribution >= 4 is 79.1 Å². The number of para-hydroxylation sites is 3. The van der Waals surface area contributed by atoms with Crippen LogP contribution in [0.15, 0.2) is 182 Å². The highest BCUT2D eigenvalue weighted by atomic mass is 15.5. The van der Waals surface area contributed by atoms with E-state index in [9.17, 15) is 0 Å². The van der Waals surface area contributed by atoms with Crippen molar-refractivity contribution in [3.05, 3.63) is 163 Å². The average Bonchev–Trinajstić information content (AvgIpc) is 3.72. The second-order valence-electron chi connectivity index (χ2n) is 12.5. The van der Waals surface area contributed by atoms with Gasteiger partial charge in [-0.05, 0) is 24.3 Å². The minimum Gasteiger partial charge on any atom is -0.307 e. The van der Waals surface area contributed by atoms with E-state index in [-0.39, 0.29) is 0 Å². The van der Waals surface area contributed by atoms with Crippen LogP contribution in [0.1, 0.15) is 11.1 Å². The first-order chi connectivity index (χ1) is 25.3. The first kappa shape index (κ1) is 27.7. The summed E-state index contributed by atoms with van der Waals surface area (Å²) in [6, 6.07) is 51.7. The fourth-order valence-corrected chi connectivity index (χ4v) is 7.36. The predicted molar refractivity (Wildman–Crippen MR) is 207 cm³/mol. The molecule has 0 bridgehead atoms. The molecule has 11 rings (SSSR count). The third kappa shape index (κ3) is 4.09. The topological polar surface area (TPSA) is 87.3 Å². The molecule has 9 heteroatoms. The maximum absolute atomic E-state index is 5.19. The van der Waals surface area contributed by atoms with E-state index in [0.717, 1.165) is 55.0 Å². The van der Waals surface area contributed by atoms with Gasteiger partial charge in [-0.25, -0.2) is 4.90 Å². The zero-order valence-corrected chi connectivity index (χ0v) is 27.0. The Morgan fingerprint density at radius 1 is 0.314 bits per heavy atom. The van der Waals surface area contributed by atoms with E-state index in [1.54, 1.807) is 4.90 Å². The number of benzene rings is 6. The molecule has 0 spiro atoms. The van der Waals surface area contributed by atoms with Gasteiger partial charge in [-0.2, -0.15) is 30.0 Å². The summed E-state index contributed by atoms with van der Waals surface area (Å²) < 4.78 is 4.51. The Kier molecular flexibility index (Phi) is 5.76. The van der Waals surface area contributed by atoms with Crippen molar-refractivity contribution in [1.82, 2.24) is 14.0 Å². The fraction of sp³-hybridized carbons (Fsp3) is 0. The number of guanidine groups is 3. The van der Waals surface area contributed by atoms with Crippen LogP contribution in [0.4, 0.5) is 0 Å².